The van der Waals surface area contributed by atoms with Crippen LogP contribution in [0.4, 0.5) is 0 Å². The average molecular weight is 898 g/mol. The highest BCUT2D eigenvalue weighted by Gasteiger charge is 2.18. The fraction of sp³-hybridized carbons (Fsp3) is 0.134. The smallest absolute Gasteiger partial charge is 0.143 e. The van der Waals surface area contributed by atoms with Crippen molar-refractivity contribution < 1.29 is 4.42 Å². The topological polar surface area (TPSA) is 18.1 Å². The number of hydrogen-bond acceptors (Lipinski definition) is 1. The van der Waals surface area contributed by atoms with Gasteiger partial charge in [-0.25, -0.2) is 0 Å². The van der Waals surface area contributed by atoms with Crippen molar-refractivity contribution in [2.45, 2.75) is 60.3 Å². The Morgan fingerprint density at radius 3 is 1.48 bits per heavy atom. The number of fused-ring (bicyclic) bond motifs is 6. The first-order valence-electron chi connectivity index (χ1n) is 24.8. The summed E-state index contributed by atoms with van der Waals surface area (Å²) in [4.78, 5) is 0. The van der Waals surface area contributed by atoms with Crippen molar-refractivity contribution in [1.29, 1.82) is 0 Å². The van der Waals surface area contributed by atoms with Gasteiger partial charge in [-0.2, -0.15) is 0 Å². The summed E-state index contributed by atoms with van der Waals surface area (Å²) < 4.78 is 9.14. The lowest BCUT2D eigenvalue weighted by atomic mass is 9.95. The average Bonchev–Trinajstić information content (AvgIpc) is 3.98. The lowest BCUT2D eigenvalue weighted by Crippen LogP contribution is -1.93. The van der Waals surface area contributed by atoms with Crippen molar-refractivity contribution in [1.82, 2.24) is 4.57 Å². The highest BCUT2D eigenvalue weighted by atomic mass is 16.3. The van der Waals surface area contributed by atoms with E-state index in [0.29, 0.717) is 0 Å². The molecule has 69 heavy (non-hydrogen) atoms. The SMILES string of the molecule is C=CC=C.CC.CC.CCCCCc1ccc(-c2cccc(-c3cccc(-c4ccc5oc6c(-c7ccc8c(c7)c7cc(-c9ccccc9)ccc7n8-c7ccccc7)cccc6c5c4)c3)c2)cc1. The van der Waals surface area contributed by atoms with Crippen LogP contribution in [0.5, 0.6) is 0 Å². The lowest BCUT2D eigenvalue weighted by Gasteiger charge is -2.09. The molecule has 2 aromatic heterocycles. The van der Waals surface area contributed by atoms with Crippen LogP contribution >= 0.6 is 0 Å². The number of hydrogen-bond donors (Lipinski definition) is 0. The number of unbranched alkanes of at least 4 members (excludes halogenated alkanes) is 2. The van der Waals surface area contributed by atoms with E-state index in [4.69, 9.17) is 4.42 Å². The first kappa shape index (κ1) is 47.5. The first-order chi connectivity index (χ1) is 34.1. The fourth-order valence-corrected chi connectivity index (χ4v) is 9.26. The zero-order valence-corrected chi connectivity index (χ0v) is 40.9. The van der Waals surface area contributed by atoms with Crippen LogP contribution in [-0.2, 0) is 6.42 Å². The standard InChI is InChI=1S/C59H45NO.C4H6.2C2H6/c1-2-3-6-14-40-25-27-42(28-26-40)43-17-11-18-44(35-43)45-19-12-20-46(36-45)48-31-34-58-55(38-48)52-24-13-23-51(59(52)61-58)49-30-33-57-54(39-49)53-37-47(41-15-7-4-8-16-41)29-32-56(53)60(57)50-21-9-5-10-22-50;1-3-4-2;2*1-2/h4-5,7-13,15-39H,2-3,6,14H2,1H3;3-4H,1-2H2;2*1-2H3. The van der Waals surface area contributed by atoms with Crippen LogP contribution in [0, 0.1) is 0 Å². The van der Waals surface area contributed by atoms with Crippen molar-refractivity contribution in [3.63, 3.8) is 0 Å². The van der Waals surface area contributed by atoms with Crippen molar-refractivity contribution in [2.75, 3.05) is 0 Å². The Balaban J connectivity index is 0.000000756. The summed E-state index contributed by atoms with van der Waals surface area (Å²) in [5.41, 5.74) is 18.6. The van der Waals surface area contributed by atoms with E-state index in [9.17, 15) is 0 Å². The van der Waals surface area contributed by atoms with E-state index in [1.165, 1.54) is 91.1 Å². The maximum Gasteiger partial charge on any atom is 0.143 e. The van der Waals surface area contributed by atoms with E-state index in [-0.39, 0.29) is 0 Å². The summed E-state index contributed by atoms with van der Waals surface area (Å²) in [6, 6.07) is 75.2. The molecule has 0 saturated heterocycles. The number of nitrogens with zero attached hydrogens (tertiary/aromatic N) is 1. The van der Waals surface area contributed by atoms with Crippen LogP contribution in [0.15, 0.2) is 236 Å². The molecule has 0 spiro atoms. The Bertz CT molecular complexity index is 3450. The van der Waals surface area contributed by atoms with Gasteiger partial charge in [-0.3, -0.25) is 0 Å². The van der Waals surface area contributed by atoms with Gasteiger partial charge in [0.25, 0.3) is 0 Å². The van der Waals surface area contributed by atoms with Gasteiger partial charge in [0.15, 0.2) is 0 Å². The van der Waals surface area contributed by atoms with E-state index in [1.807, 2.05) is 27.7 Å². The highest BCUT2D eigenvalue weighted by molar-refractivity contribution is 6.14. The molecule has 11 rings (SSSR count). The fourth-order valence-electron chi connectivity index (χ4n) is 9.26. The number of benzene rings is 9. The van der Waals surface area contributed by atoms with Crippen LogP contribution in [0.3, 0.4) is 0 Å². The number of para-hydroxylation sites is 2. The van der Waals surface area contributed by atoms with Crippen LogP contribution < -0.4 is 0 Å². The normalized spacial score (nSPS) is 10.7. The van der Waals surface area contributed by atoms with Crippen LogP contribution in [0.2, 0.25) is 0 Å². The van der Waals surface area contributed by atoms with Gasteiger partial charge in [-0.15, -0.1) is 0 Å². The first-order valence-corrected chi connectivity index (χ1v) is 24.8. The molecule has 0 N–H and O–H groups in total. The molecular formula is C67H63NO. The Morgan fingerprint density at radius 1 is 0.406 bits per heavy atom. The highest BCUT2D eigenvalue weighted by Crippen LogP contribution is 2.41. The second-order valence-electron chi connectivity index (χ2n) is 16.8. The van der Waals surface area contributed by atoms with E-state index >= 15 is 0 Å². The summed E-state index contributed by atoms with van der Waals surface area (Å²) >= 11 is 0. The van der Waals surface area contributed by atoms with Gasteiger partial charge in [0.05, 0.1) is 11.0 Å². The summed E-state index contributed by atoms with van der Waals surface area (Å²) in [6.45, 7) is 17.0. The molecule has 11 aromatic rings. The number of allylic oxidation sites excluding steroid dienone is 2. The zero-order valence-electron chi connectivity index (χ0n) is 40.9. The molecule has 0 fully saturated rings. The largest absolute Gasteiger partial charge is 0.455 e. The molecule has 342 valence electrons. The number of aryl methyl sites for hydroxylation is 1. The Labute approximate surface area is 409 Å². The minimum absolute atomic E-state index is 0.890. The molecule has 0 amide bonds. The third-order valence-corrected chi connectivity index (χ3v) is 12.6. The monoisotopic (exact) mass is 897 g/mol. The second kappa shape index (κ2) is 22.7. The van der Waals surface area contributed by atoms with Gasteiger partial charge < -0.3 is 8.98 Å². The Kier molecular flexibility index (Phi) is 15.6. The molecule has 0 aliphatic heterocycles. The molecule has 2 heteroatoms. The van der Waals surface area contributed by atoms with Gasteiger partial charge in [-0.1, -0.05) is 218 Å². The molecule has 0 atom stereocenters. The minimum Gasteiger partial charge on any atom is -0.455 e. The summed E-state index contributed by atoms with van der Waals surface area (Å²) in [6.07, 6.45) is 8.22. The quantitative estimate of drug-likeness (QED) is 0.0934. The molecule has 0 saturated carbocycles. The minimum atomic E-state index is 0.890. The van der Waals surface area contributed by atoms with Gasteiger partial charge in [0.1, 0.15) is 11.2 Å². The van der Waals surface area contributed by atoms with Gasteiger partial charge in [0, 0.05) is 32.8 Å². The third-order valence-electron chi connectivity index (χ3n) is 12.6. The van der Waals surface area contributed by atoms with E-state index < -0.39 is 0 Å². The molecule has 0 aliphatic carbocycles. The molecule has 0 radical (unpaired) electrons. The molecular weight excluding hydrogens is 835 g/mol. The molecule has 0 bridgehead atoms. The van der Waals surface area contributed by atoms with Crippen LogP contribution in [-0.4, -0.2) is 4.57 Å². The summed E-state index contributed by atoms with van der Waals surface area (Å²) in [7, 11) is 0. The number of rotatable bonds is 11. The van der Waals surface area contributed by atoms with Gasteiger partial charge in [0.2, 0.25) is 0 Å². The van der Waals surface area contributed by atoms with Crippen LogP contribution in [0.25, 0.3) is 105 Å². The molecule has 2 nitrogen and oxygen atoms in total. The van der Waals surface area contributed by atoms with Crippen molar-refractivity contribution in [2.24, 2.45) is 0 Å². The molecule has 0 unspecified atom stereocenters. The molecule has 2 heterocycles. The van der Waals surface area contributed by atoms with Crippen molar-refractivity contribution in [3.05, 3.63) is 237 Å². The van der Waals surface area contributed by atoms with E-state index in [0.717, 1.165) is 45.2 Å². The maximum atomic E-state index is 6.75. The number of aromatic nitrogens is 1. The molecule has 0 aliphatic rings. The maximum absolute atomic E-state index is 6.75. The zero-order chi connectivity index (χ0) is 48.1. The third kappa shape index (κ3) is 10.2. The summed E-state index contributed by atoms with van der Waals surface area (Å²) in [5, 5.41) is 4.68. The van der Waals surface area contributed by atoms with E-state index in [1.54, 1.807) is 12.2 Å². The Hall–Kier alpha value is -7.94. The molecule has 9 aromatic carbocycles. The van der Waals surface area contributed by atoms with Crippen LogP contribution in [0.1, 0.15) is 59.4 Å². The van der Waals surface area contributed by atoms with Crippen molar-refractivity contribution >= 4 is 43.7 Å². The van der Waals surface area contributed by atoms with Gasteiger partial charge >= 0.3 is 0 Å². The van der Waals surface area contributed by atoms with E-state index in [2.05, 4.69) is 231 Å². The predicted molar refractivity (Wildman–Crippen MR) is 302 cm³/mol. The van der Waals surface area contributed by atoms with Crippen molar-refractivity contribution in [3.8, 4) is 61.3 Å². The summed E-state index contributed by atoms with van der Waals surface area (Å²) in [5.74, 6) is 0. The second-order valence-corrected chi connectivity index (χ2v) is 16.8. The van der Waals surface area contributed by atoms with Gasteiger partial charge in [-0.05, 0) is 129 Å². The lowest BCUT2D eigenvalue weighted by molar-refractivity contribution is 0.670. The predicted octanol–water partition coefficient (Wildman–Crippen LogP) is 20.2. The number of furan rings is 1. The Morgan fingerprint density at radius 2 is 0.870 bits per heavy atom.